The number of benzene rings is 2. The van der Waals surface area contributed by atoms with Gasteiger partial charge in [-0.05, 0) is 54.4 Å². The molecule has 184 valence electrons. The number of aromatic nitrogens is 2. The molecular weight excluding hydrogens is 464 g/mol. The van der Waals surface area contributed by atoms with Crippen molar-refractivity contribution in [2.24, 2.45) is 0 Å². The van der Waals surface area contributed by atoms with Crippen molar-refractivity contribution in [1.82, 2.24) is 20.0 Å². The predicted octanol–water partition coefficient (Wildman–Crippen LogP) is 4.60. The van der Waals surface area contributed by atoms with Crippen LogP contribution in [-0.2, 0) is 6.18 Å². The van der Waals surface area contributed by atoms with Crippen LogP contribution < -0.4 is 0 Å². The van der Waals surface area contributed by atoms with Crippen LogP contribution in [0.15, 0.2) is 54.6 Å². The molecule has 35 heavy (non-hydrogen) atoms. The minimum atomic E-state index is -4.42. The third-order valence-electron chi connectivity index (χ3n) is 6.74. The highest BCUT2D eigenvalue weighted by Crippen LogP contribution is 2.38. The number of nitrogens with zero attached hydrogens (tertiary/aromatic N) is 3. The lowest BCUT2D eigenvalue weighted by Crippen LogP contribution is -2.59. The normalized spacial score (nSPS) is 21.2. The van der Waals surface area contributed by atoms with Crippen LogP contribution in [0.3, 0.4) is 0 Å². The molecule has 0 spiro atoms. The third kappa shape index (κ3) is 4.88. The zero-order chi connectivity index (χ0) is 24.7. The SMILES string of the molecule is O=C(N1CC(O)C1)N1CC(c2ccc(C(F)(F)F)cc2)CC(c2cc(-c3ccc(F)cc3)n[nH]2)C1. The molecule has 2 unspecified atom stereocenters. The maximum Gasteiger partial charge on any atom is 0.416 e. The Kier molecular flexibility index (Phi) is 6.00. The molecule has 1 aromatic heterocycles. The number of alkyl halides is 3. The summed E-state index contributed by atoms with van der Waals surface area (Å²) in [5, 5.41) is 17.0. The van der Waals surface area contributed by atoms with Gasteiger partial charge in [-0.2, -0.15) is 18.3 Å². The van der Waals surface area contributed by atoms with Gasteiger partial charge in [-0.3, -0.25) is 5.10 Å². The van der Waals surface area contributed by atoms with Crippen LogP contribution in [0.5, 0.6) is 0 Å². The fraction of sp³-hybridized carbons (Fsp3) is 0.360. The average Bonchev–Trinajstić information content (AvgIpc) is 3.32. The van der Waals surface area contributed by atoms with Gasteiger partial charge in [0.15, 0.2) is 0 Å². The highest BCUT2D eigenvalue weighted by atomic mass is 19.4. The third-order valence-corrected chi connectivity index (χ3v) is 6.74. The Labute approximate surface area is 199 Å². The molecule has 2 saturated heterocycles. The number of aliphatic hydroxyl groups excluding tert-OH is 1. The van der Waals surface area contributed by atoms with Crippen molar-refractivity contribution in [3.63, 3.8) is 0 Å². The lowest BCUT2D eigenvalue weighted by atomic mass is 9.82. The number of halogens is 4. The average molecular weight is 488 g/mol. The summed E-state index contributed by atoms with van der Waals surface area (Å²) >= 11 is 0. The Morgan fingerprint density at radius 1 is 0.943 bits per heavy atom. The first-order valence-corrected chi connectivity index (χ1v) is 11.4. The van der Waals surface area contributed by atoms with Crippen LogP contribution in [-0.4, -0.2) is 63.4 Å². The first-order chi connectivity index (χ1) is 16.7. The number of piperidine rings is 1. The van der Waals surface area contributed by atoms with E-state index in [0.717, 1.165) is 29.0 Å². The Hall–Kier alpha value is -3.40. The second-order valence-electron chi connectivity index (χ2n) is 9.21. The molecule has 2 aliphatic rings. The van der Waals surface area contributed by atoms with E-state index in [1.54, 1.807) is 21.9 Å². The summed E-state index contributed by atoms with van der Waals surface area (Å²) in [6, 6.07) is 12.7. The van der Waals surface area contributed by atoms with Crippen molar-refractivity contribution in [3.8, 4) is 11.3 Å². The second kappa shape index (κ2) is 8.99. The van der Waals surface area contributed by atoms with E-state index < -0.39 is 17.8 Å². The van der Waals surface area contributed by atoms with Gasteiger partial charge in [0.05, 0.1) is 30.5 Å². The number of likely N-dealkylation sites (tertiary alicyclic amines) is 2. The number of carbonyl (C=O) groups is 1. The van der Waals surface area contributed by atoms with E-state index in [1.807, 2.05) is 6.07 Å². The van der Waals surface area contributed by atoms with Crippen molar-refractivity contribution in [3.05, 3.63) is 77.2 Å². The van der Waals surface area contributed by atoms with Gasteiger partial charge >= 0.3 is 12.2 Å². The number of urea groups is 1. The monoisotopic (exact) mass is 488 g/mol. The summed E-state index contributed by atoms with van der Waals surface area (Å²) in [5.74, 6) is -0.655. The Morgan fingerprint density at radius 2 is 1.57 bits per heavy atom. The van der Waals surface area contributed by atoms with Gasteiger partial charge in [-0.1, -0.05) is 12.1 Å². The minimum absolute atomic E-state index is 0.132. The fourth-order valence-electron chi connectivity index (χ4n) is 4.79. The molecule has 0 radical (unpaired) electrons. The maximum atomic E-state index is 13.3. The van der Waals surface area contributed by atoms with Gasteiger partial charge in [0.2, 0.25) is 0 Å². The number of hydrogen-bond acceptors (Lipinski definition) is 3. The topological polar surface area (TPSA) is 72.5 Å². The number of aromatic amines is 1. The summed E-state index contributed by atoms with van der Waals surface area (Å²) < 4.78 is 52.4. The van der Waals surface area contributed by atoms with Gasteiger partial charge in [0.25, 0.3) is 0 Å². The molecule has 2 fully saturated rings. The number of amides is 2. The lowest BCUT2D eigenvalue weighted by Gasteiger charge is -2.44. The van der Waals surface area contributed by atoms with Gasteiger partial charge in [0, 0.05) is 36.2 Å². The fourth-order valence-corrected chi connectivity index (χ4v) is 4.79. The predicted molar refractivity (Wildman–Crippen MR) is 120 cm³/mol. The standard InChI is InChI=1S/C25H24F4N4O2/c26-20-7-3-16(4-8-20)22-10-23(31-30-22)18-9-17(15-1-5-19(6-2-15)25(27,28)29)11-32(12-18)24(35)33-13-21(34)14-33/h1-8,10,17-18,21,34H,9,11-14H2,(H,30,31). The molecule has 0 aliphatic carbocycles. The van der Waals surface area contributed by atoms with Gasteiger partial charge in [0.1, 0.15) is 5.82 Å². The largest absolute Gasteiger partial charge is 0.416 e. The van der Waals surface area contributed by atoms with Crippen molar-refractivity contribution < 1.29 is 27.5 Å². The summed E-state index contributed by atoms with van der Waals surface area (Å²) in [4.78, 5) is 16.3. The second-order valence-corrected chi connectivity index (χ2v) is 9.21. The zero-order valence-corrected chi connectivity index (χ0v) is 18.7. The summed E-state index contributed by atoms with van der Waals surface area (Å²) in [6.45, 7) is 1.31. The molecule has 2 aromatic carbocycles. The van der Waals surface area contributed by atoms with E-state index in [2.05, 4.69) is 10.2 Å². The highest BCUT2D eigenvalue weighted by molar-refractivity contribution is 5.76. The molecule has 3 aromatic rings. The summed E-state index contributed by atoms with van der Waals surface area (Å²) in [5.41, 5.74) is 2.19. The van der Waals surface area contributed by atoms with Crippen LogP contribution in [0.1, 0.15) is 35.1 Å². The van der Waals surface area contributed by atoms with Gasteiger partial charge < -0.3 is 14.9 Å². The van der Waals surface area contributed by atoms with E-state index in [1.165, 1.54) is 24.3 Å². The number of carbonyl (C=O) groups excluding carboxylic acids is 1. The molecule has 0 saturated carbocycles. The van der Waals surface area contributed by atoms with E-state index in [-0.39, 0.29) is 36.8 Å². The number of β-amino-alcohol motifs (C(OH)–C–C–N with tert-alkyl or cyclic N) is 1. The molecular formula is C25H24F4N4O2. The minimum Gasteiger partial charge on any atom is -0.389 e. The van der Waals surface area contributed by atoms with Crippen LogP contribution in [0, 0.1) is 5.82 Å². The quantitative estimate of drug-likeness (QED) is 0.530. The van der Waals surface area contributed by atoms with E-state index >= 15 is 0 Å². The first kappa shape index (κ1) is 23.3. The molecule has 2 atom stereocenters. The molecule has 0 bridgehead atoms. The molecule has 2 amide bonds. The number of rotatable bonds is 3. The summed E-state index contributed by atoms with van der Waals surface area (Å²) in [7, 11) is 0. The molecule has 5 rings (SSSR count). The van der Waals surface area contributed by atoms with E-state index in [4.69, 9.17) is 0 Å². The van der Waals surface area contributed by atoms with E-state index in [0.29, 0.717) is 25.2 Å². The zero-order valence-electron chi connectivity index (χ0n) is 18.7. The Bertz CT molecular complexity index is 1190. The van der Waals surface area contributed by atoms with Crippen LogP contribution in [0.25, 0.3) is 11.3 Å². The van der Waals surface area contributed by atoms with E-state index in [9.17, 15) is 27.5 Å². The van der Waals surface area contributed by atoms with Crippen LogP contribution in [0.2, 0.25) is 0 Å². The maximum absolute atomic E-state index is 13.3. The van der Waals surface area contributed by atoms with Gasteiger partial charge in [-0.25, -0.2) is 9.18 Å². The van der Waals surface area contributed by atoms with Crippen molar-refractivity contribution in [1.29, 1.82) is 0 Å². The van der Waals surface area contributed by atoms with Crippen molar-refractivity contribution in [2.75, 3.05) is 26.2 Å². The molecule has 10 heteroatoms. The Balaban J connectivity index is 1.40. The van der Waals surface area contributed by atoms with Crippen molar-refractivity contribution >= 4 is 6.03 Å². The van der Waals surface area contributed by atoms with Crippen LogP contribution in [0.4, 0.5) is 22.4 Å². The lowest BCUT2D eigenvalue weighted by molar-refractivity contribution is -0.137. The molecule has 2 N–H and O–H groups in total. The molecule has 2 aliphatic heterocycles. The number of aliphatic hydroxyl groups is 1. The number of hydrogen-bond donors (Lipinski definition) is 2. The number of nitrogens with one attached hydrogen (secondary N) is 1. The van der Waals surface area contributed by atoms with Crippen LogP contribution >= 0.6 is 0 Å². The smallest absolute Gasteiger partial charge is 0.389 e. The molecule has 3 heterocycles. The Morgan fingerprint density at radius 3 is 2.20 bits per heavy atom. The molecule has 6 nitrogen and oxygen atoms in total. The highest BCUT2D eigenvalue weighted by Gasteiger charge is 2.38. The van der Waals surface area contributed by atoms with Crippen molar-refractivity contribution in [2.45, 2.75) is 30.5 Å². The first-order valence-electron chi connectivity index (χ1n) is 11.4. The number of H-pyrrole nitrogens is 1. The summed E-state index contributed by atoms with van der Waals surface area (Å²) in [6.07, 6.45) is -4.33. The van der Waals surface area contributed by atoms with Gasteiger partial charge in [-0.15, -0.1) is 0 Å².